The number of carbonyl (C=O) groups excluding carboxylic acids is 1. The molecule has 0 atom stereocenters. The van der Waals surface area contributed by atoms with Gasteiger partial charge in [-0.1, -0.05) is 0 Å². The molecule has 15 heteroatoms. The van der Waals surface area contributed by atoms with Crippen LogP contribution < -0.4 is 29.1 Å². The van der Waals surface area contributed by atoms with Gasteiger partial charge in [0, 0.05) is 30.5 Å². The molecule has 1 saturated heterocycles. The Balaban J connectivity index is 1.67. The predicted molar refractivity (Wildman–Crippen MR) is 141 cm³/mol. The van der Waals surface area contributed by atoms with Crippen molar-refractivity contribution in [3.05, 3.63) is 66.2 Å². The van der Waals surface area contributed by atoms with Crippen molar-refractivity contribution in [3.63, 3.8) is 0 Å². The van der Waals surface area contributed by atoms with Crippen LogP contribution in [0, 0.1) is 0 Å². The molecule has 1 aliphatic heterocycles. The first-order chi connectivity index (χ1) is 19.6. The van der Waals surface area contributed by atoms with Crippen LogP contribution in [0.15, 0.2) is 65.6 Å². The highest BCUT2D eigenvalue weighted by molar-refractivity contribution is 7.92. The van der Waals surface area contributed by atoms with Gasteiger partial charge in [-0.05, 0) is 54.6 Å². The summed E-state index contributed by atoms with van der Waals surface area (Å²) in [7, 11) is -2.74. The van der Waals surface area contributed by atoms with Gasteiger partial charge in [-0.3, -0.25) is 9.52 Å². The lowest BCUT2D eigenvalue weighted by atomic mass is 10.1. The average Bonchev–Trinajstić information content (AvgIpc) is 2.93. The molecule has 1 aliphatic rings. The number of anilines is 3. The third kappa shape index (κ3) is 7.70. The van der Waals surface area contributed by atoms with Crippen LogP contribution in [0.4, 0.5) is 34.6 Å². The number of benzene rings is 3. The number of amides is 1. The fourth-order valence-electron chi connectivity index (χ4n) is 4.00. The van der Waals surface area contributed by atoms with Crippen molar-refractivity contribution in [2.24, 2.45) is 0 Å². The van der Waals surface area contributed by atoms with E-state index in [1.54, 1.807) is 12.1 Å². The summed E-state index contributed by atoms with van der Waals surface area (Å²) in [6.07, 6.45) is 0. The summed E-state index contributed by atoms with van der Waals surface area (Å²) in [4.78, 5) is 14.7. The maximum atomic E-state index is 13.5. The molecule has 0 radical (unpaired) electrons. The van der Waals surface area contributed by atoms with Crippen LogP contribution in [0.25, 0.3) is 0 Å². The summed E-state index contributed by atoms with van der Waals surface area (Å²) < 4.78 is 99.7. The molecule has 0 saturated carbocycles. The normalized spacial score (nSPS) is 13.7. The smallest absolute Gasteiger partial charge is 0.387 e. The number of ether oxygens (including phenoxy) is 4. The highest BCUT2D eigenvalue weighted by Gasteiger charge is 2.25. The largest absolute Gasteiger partial charge is 0.497 e. The first kappa shape index (κ1) is 29.7. The third-order valence-corrected chi connectivity index (χ3v) is 7.25. The Morgan fingerprint density at radius 2 is 1.51 bits per heavy atom. The van der Waals surface area contributed by atoms with E-state index in [1.807, 2.05) is 4.90 Å². The Labute approximate surface area is 232 Å². The number of nitrogens with one attached hydrogen (secondary N) is 2. The highest BCUT2D eigenvalue weighted by Crippen LogP contribution is 2.33. The second-order valence-electron chi connectivity index (χ2n) is 8.49. The first-order valence-corrected chi connectivity index (χ1v) is 13.5. The highest BCUT2D eigenvalue weighted by atomic mass is 32.2. The monoisotopic (exact) mass is 599 g/mol. The fourth-order valence-corrected chi connectivity index (χ4v) is 5.31. The standard InChI is InChI=1S/C26H25F4N3O7S/c1-37-18-5-2-16(3-6-18)32-41(35,36)23-14-17(4-9-21(23)33-10-12-38-13-11-33)31-24(34)20-8-7-19(39-25(27)28)15-22(20)40-26(29)30/h2-9,14-15,25-26,32H,10-13H2,1H3,(H,31,34). The zero-order valence-electron chi connectivity index (χ0n) is 21.5. The van der Waals surface area contributed by atoms with E-state index in [0.717, 1.165) is 18.2 Å². The Morgan fingerprint density at radius 3 is 2.15 bits per heavy atom. The van der Waals surface area contributed by atoms with Gasteiger partial charge in [0.1, 0.15) is 22.1 Å². The molecule has 41 heavy (non-hydrogen) atoms. The van der Waals surface area contributed by atoms with E-state index in [1.165, 1.54) is 37.4 Å². The number of rotatable bonds is 11. The second kappa shape index (κ2) is 13.0. The first-order valence-electron chi connectivity index (χ1n) is 12.0. The number of hydrogen-bond acceptors (Lipinski definition) is 8. The van der Waals surface area contributed by atoms with Crippen LogP contribution in [0.5, 0.6) is 17.2 Å². The molecule has 10 nitrogen and oxygen atoms in total. The van der Waals surface area contributed by atoms with Crippen LogP contribution in [0.1, 0.15) is 10.4 Å². The van der Waals surface area contributed by atoms with Gasteiger partial charge in [0.05, 0.1) is 31.6 Å². The van der Waals surface area contributed by atoms with Crippen LogP contribution in [0.2, 0.25) is 0 Å². The predicted octanol–water partition coefficient (Wildman–Crippen LogP) is 4.79. The molecule has 3 aromatic rings. The van der Waals surface area contributed by atoms with E-state index in [9.17, 15) is 30.8 Å². The quantitative estimate of drug-likeness (QED) is 0.303. The van der Waals surface area contributed by atoms with Crippen molar-refractivity contribution in [1.29, 1.82) is 0 Å². The van der Waals surface area contributed by atoms with Crippen LogP contribution in [0.3, 0.4) is 0 Å². The van der Waals surface area contributed by atoms with Crippen molar-refractivity contribution in [2.75, 3.05) is 48.4 Å². The summed E-state index contributed by atoms with van der Waals surface area (Å²) in [5.41, 5.74) is 0.193. The van der Waals surface area contributed by atoms with Gasteiger partial charge in [-0.2, -0.15) is 17.6 Å². The Kier molecular flexibility index (Phi) is 9.39. The molecule has 0 unspecified atom stereocenters. The van der Waals surface area contributed by atoms with Crippen LogP contribution in [-0.2, 0) is 14.8 Å². The van der Waals surface area contributed by atoms with Gasteiger partial charge in [0.2, 0.25) is 0 Å². The zero-order valence-corrected chi connectivity index (χ0v) is 22.3. The molecular formula is C26H25F4N3O7S. The minimum absolute atomic E-state index is 0.0121. The molecule has 0 bridgehead atoms. The minimum atomic E-state index is -4.21. The van der Waals surface area contributed by atoms with E-state index >= 15 is 0 Å². The number of hydrogen-bond donors (Lipinski definition) is 2. The average molecular weight is 600 g/mol. The number of halogens is 4. The van der Waals surface area contributed by atoms with Crippen molar-refractivity contribution < 1.29 is 49.7 Å². The lowest BCUT2D eigenvalue weighted by Crippen LogP contribution is -2.37. The van der Waals surface area contributed by atoms with Gasteiger partial charge in [0.25, 0.3) is 15.9 Å². The molecule has 0 aliphatic carbocycles. The lowest BCUT2D eigenvalue weighted by Gasteiger charge is -2.30. The molecule has 2 N–H and O–H groups in total. The van der Waals surface area contributed by atoms with Crippen molar-refractivity contribution >= 4 is 33.0 Å². The van der Waals surface area contributed by atoms with Crippen molar-refractivity contribution in [3.8, 4) is 17.2 Å². The summed E-state index contributed by atoms with van der Waals surface area (Å²) in [6, 6.07) is 13.0. The molecular weight excluding hydrogens is 574 g/mol. The molecule has 1 fully saturated rings. The van der Waals surface area contributed by atoms with Crippen molar-refractivity contribution in [1.82, 2.24) is 0 Å². The number of alkyl halides is 4. The SMILES string of the molecule is COc1ccc(NS(=O)(=O)c2cc(NC(=O)c3ccc(OC(F)F)cc3OC(F)F)ccc2N2CCOCC2)cc1. The molecule has 4 rings (SSSR count). The zero-order chi connectivity index (χ0) is 29.6. The molecule has 0 spiro atoms. The van der Waals surface area contributed by atoms with Gasteiger partial charge < -0.3 is 29.2 Å². The number of carbonyl (C=O) groups is 1. The Hall–Kier alpha value is -4.24. The maximum absolute atomic E-state index is 13.5. The second-order valence-corrected chi connectivity index (χ2v) is 10.1. The van der Waals surface area contributed by atoms with Gasteiger partial charge in [-0.25, -0.2) is 8.42 Å². The summed E-state index contributed by atoms with van der Waals surface area (Å²) in [6.45, 7) is -5.01. The van der Waals surface area contributed by atoms with Gasteiger partial charge in [0.15, 0.2) is 0 Å². The molecule has 1 heterocycles. The van der Waals surface area contributed by atoms with Gasteiger partial charge >= 0.3 is 13.2 Å². The summed E-state index contributed by atoms with van der Waals surface area (Å²) in [5.74, 6) is -1.65. The van der Waals surface area contributed by atoms with E-state index in [2.05, 4.69) is 19.5 Å². The van der Waals surface area contributed by atoms with E-state index in [4.69, 9.17) is 9.47 Å². The molecule has 220 valence electrons. The Bertz CT molecular complexity index is 1470. The van der Waals surface area contributed by atoms with Crippen LogP contribution >= 0.6 is 0 Å². The van der Waals surface area contributed by atoms with E-state index in [-0.39, 0.29) is 16.3 Å². The van der Waals surface area contributed by atoms with Crippen LogP contribution in [-0.4, -0.2) is 61.0 Å². The minimum Gasteiger partial charge on any atom is -0.497 e. The fraction of sp³-hybridized carbons (Fsp3) is 0.269. The van der Waals surface area contributed by atoms with Crippen molar-refractivity contribution in [2.45, 2.75) is 18.1 Å². The molecule has 1 amide bonds. The van der Waals surface area contributed by atoms with E-state index in [0.29, 0.717) is 37.7 Å². The van der Waals surface area contributed by atoms with Gasteiger partial charge in [-0.15, -0.1) is 0 Å². The lowest BCUT2D eigenvalue weighted by molar-refractivity contribution is -0.0544. The summed E-state index contributed by atoms with van der Waals surface area (Å²) >= 11 is 0. The molecule has 3 aromatic carbocycles. The topological polar surface area (TPSA) is 115 Å². The number of nitrogens with zero attached hydrogens (tertiary/aromatic N) is 1. The maximum Gasteiger partial charge on any atom is 0.387 e. The number of morpholine rings is 1. The molecule has 0 aromatic heterocycles. The Morgan fingerprint density at radius 1 is 0.878 bits per heavy atom. The van der Waals surface area contributed by atoms with E-state index < -0.39 is 46.2 Å². The number of methoxy groups -OCH3 is 1. The third-order valence-electron chi connectivity index (χ3n) is 5.84. The number of sulfonamides is 1. The summed E-state index contributed by atoms with van der Waals surface area (Å²) in [5, 5.41) is 2.45.